The van der Waals surface area contributed by atoms with E-state index in [0.717, 1.165) is 37.5 Å². The monoisotopic (exact) mass is 288 g/mol. The Morgan fingerprint density at radius 3 is 2.76 bits per heavy atom. The van der Waals surface area contributed by atoms with Crippen molar-refractivity contribution in [2.75, 3.05) is 6.61 Å². The molecule has 1 aromatic rings. The van der Waals surface area contributed by atoms with Crippen molar-refractivity contribution in [1.29, 1.82) is 0 Å². The molecule has 114 valence electrons. The third kappa shape index (κ3) is 3.99. The van der Waals surface area contributed by atoms with Gasteiger partial charge in [-0.3, -0.25) is 4.79 Å². The highest BCUT2D eigenvalue weighted by Gasteiger charge is 2.29. The van der Waals surface area contributed by atoms with Crippen LogP contribution in [0.15, 0.2) is 24.3 Å². The van der Waals surface area contributed by atoms with Crippen LogP contribution in [0.1, 0.15) is 56.9 Å². The minimum absolute atomic E-state index is 0.0231. The van der Waals surface area contributed by atoms with Gasteiger partial charge in [0.1, 0.15) is 11.9 Å². The highest BCUT2D eigenvalue weighted by molar-refractivity contribution is 5.66. The zero-order chi connectivity index (χ0) is 14.7. The third-order valence-corrected chi connectivity index (χ3v) is 4.49. The number of carbonyl (C=O) groups excluding carboxylic acids is 1. The normalized spacial score (nSPS) is 25.4. The van der Waals surface area contributed by atoms with Crippen molar-refractivity contribution >= 4 is 5.97 Å². The summed E-state index contributed by atoms with van der Waals surface area (Å²) in [5.74, 6) is 1.85. The maximum Gasteiger partial charge on any atom is 0.302 e. The summed E-state index contributed by atoms with van der Waals surface area (Å²) in [7, 11) is 0. The van der Waals surface area contributed by atoms with Gasteiger partial charge in [-0.2, -0.15) is 0 Å². The molecule has 0 N–H and O–H groups in total. The fraction of sp³-hybridized carbons (Fsp3) is 0.611. The summed E-state index contributed by atoms with van der Waals surface area (Å²) in [5, 5.41) is 0. The summed E-state index contributed by atoms with van der Waals surface area (Å²) >= 11 is 0. The van der Waals surface area contributed by atoms with E-state index >= 15 is 0 Å². The molecule has 2 aliphatic carbocycles. The van der Waals surface area contributed by atoms with Gasteiger partial charge in [0.2, 0.25) is 0 Å². The minimum Gasteiger partial charge on any atom is -0.493 e. The third-order valence-electron chi connectivity index (χ3n) is 4.49. The standard InChI is InChI=1S/C18H24O3/c1-13(19)21-18-8-3-2-7-17(18)15-5-4-6-16(11-15)20-12-14-9-10-14/h4-6,11,14,17-18H,2-3,7-10,12H2,1H3/t17-,18+/m1/s1. The van der Waals surface area contributed by atoms with Crippen LogP contribution in [-0.2, 0) is 9.53 Å². The number of benzene rings is 1. The number of ether oxygens (including phenoxy) is 2. The second-order valence-electron chi connectivity index (χ2n) is 6.37. The fourth-order valence-electron chi connectivity index (χ4n) is 3.17. The van der Waals surface area contributed by atoms with E-state index in [1.165, 1.54) is 31.7 Å². The van der Waals surface area contributed by atoms with Crippen molar-refractivity contribution in [3.8, 4) is 5.75 Å². The van der Waals surface area contributed by atoms with Crippen molar-refractivity contribution in [3.05, 3.63) is 29.8 Å². The number of carbonyl (C=O) groups is 1. The molecule has 3 heteroatoms. The maximum atomic E-state index is 11.3. The number of esters is 1. The molecule has 0 bridgehead atoms. The molecule has 0 aromatic heterocycles. The molecule has 2 saturated carbocycles. The molecule has 21 heavy (non-hydrogen) atoms. The Balaban J connectivity index is 1.70. The number of hydrogen-bond donors (Lipinski definition) is 0. The summed E-state index contributed by atoms with van der Waals surface area (Å²) in [4.78, 5) is 11.3. The van der Waals surface area contributed by atoms with Gasteiger partial charge >= 0.3 is 5.97 Å². The first-order valence-corrected chi connectivity index (χ1v) is 8.12. The van der Waals surface area contributed by atoms with Crippen LogP contribution >= 0.6 is 0 Å². The smallest absolute Gasteiger partial charge is 0.302 e. The van der Waals surface area contributed by atoms with E-state index < -0.39 is 0 Å². The molecule has 3 rings (SSSR count). The van der Waals surface area contributed by atoms with Crippen molar-refractivity contribution in [1.82, 2.24) is 0 Å². The highest BCUT2D eigenvalue weighted by atomic mass is 16.5. The van der Waals surface area contributed by atoms with Crippen molar-refractivity contribution in [3.63, 3.8) is 0 Å². The van der Waals surface area contributed by atoms with Crippen LogP contribution in [0.3, 0.4) is 0 Å². The lowest BCUT2D eigenvalue weighted by atomic mass is 9.81. The van der Waals surface area contributed by atoms with Crippen LogP contribution in [0, 0.1) is 5.92 Å². The van der Waals surface area contributed by atoms with E-state index in [1.54, 1.807) is 0 Å². The van der Waals surface area contributed by atoms with Gasteiger partial charge in [0, 0.05) is 12.8 Å². The Hall–Kier alpha value is -1.51. The van der Waals surface area contributed by atoms with Crippen LogP contribution in [0.4, 0.5) is 0 Å². The lowest BCUT2D eigenvalue weighted by molar-refractivity contribution is -0.148. The molecule has 0 aliphatic heterocycles. The van der Waals surface area contributed by atoms with Crippen molar-refractivity contribution < 1.29 is 14.3 Å². The Morgan fingerprint density at radius 1 is 1.19 bits per heavy atom. The van der Waals surface area contributed by atoms with Gasteiger partial charge in [-0.05, 0) is 55.7 Å². The van der Waals surface area contributed by atoms with Gasteiger partial charge in [0.25, 0.3) is 0 Å². The summed E-state index contributed by atoms with van der Waals surface area (Å²) in [6, 6.07) is 8.35. The van der Waals surface area contributed by atoms with Crippen LogP contribution < -0.4 is 4.74 Å². The van der Waals surface area contributed by atoms with Crippen molar-refractivity contribution in [2.24, 2.45) is 5.92 Å². The molecule has 0 amide bonds. The Labute approximate surface area is 126 Å². The van der Waals surface area contributed by atoms with Gasteiger partial charge in [-0.25, -0.2) is 0 Å². The molecule has 3 nitrogen and oxygen atoms in total. The lowest BCUT2D eigenvalue weighted by Gasteiger charge is -2.31. The Kier molecular flexibility index (Phi) is 4.47. The predicted octanol–water partition coefficient (Wildman–Crippen LogP) is 4.06. The van der Waals surface area contributed by atoms with Crippen molar-refractivity contribution in [2.45, 2.75) is 57.5 Å². The first-order valence-electron chi connectivity index (χ1n) is 8.12. The molecule has 0 saturated heterocycles. The van der Waals surface area contributed by atoms with Gasteiger partial charge in [0.15, 0.2) is 0 Å². The molecule has 1 aromatic carbocycles. The summed E-state index contributed by atoms with van der Waals surface area (Å²) < 4.78 is 11.4. The van der Waals surface area contributed by atoms with Gasteiger partial charge in [-0.1, -0.05) is 18.6 Å². The van der Waals surface area contributed by atoms with Crippen LogP contribution in [0.5, 0.6) is 5.75 Å². The van der Waals surface area contributed by atoms with E-state index in [2.05, 4.69) is 18.2 Å². The second-order valence-corrected chi connectivity index (χ2v) is 6.37. The van der Waals surface area contributed by atoms with Gasteiger partial charge in [0.05, 0.1) is 6.61 Å². The van der Waals surface area contributed by atoms with E-state index in [4.69, 9.17) is 9.47 Å². The van der Waals surface area contributed by atoms with Crippen LogP contribution in [-0.4, -0.2) is 18.7 Å². The van der Waals surface area contributed by atoms with E-state index in [1.807, 2.05) is 6.07 Å². The van der Waals surface area contributed by atoms with Gasteiger partial charge < -0.3 is 9.47 Å². The Bertz CT molecular complexity index is 493. The molecule has 0 unspecified atom stereocenters. The van der Waals surface area contributed by atoms with E-state index in [9.17, 15) is 4.79 Å². The topological polar surface area (TPSA) is 35.5 Å². The zero-order valence-electron chi connectivity index (χ0n) is 12.7. The summed E-state index contributed by atoms with van der Waals surface area (Å²) in [6.45, 7) is 2.34. The summed E-state index contributed by atoms with van der Waals surface area (Å²) in [5.41, 5.74) is 1.24. The minimum atomic E-state index is -0.173. The number of hydrogen-bond acceptors (Lipinski definition) is 3. The Morgan fingerprint density at radius 2 is 2.00 bits per heavy atom. The molecule has 0 radical (unpaired) electrons. The predicted molar refractivity (Wildman–Crippen MR) is 81.4 cm³/mol. The second kappa shape index (κ2) is 6.50. The SMILES string of the molecule is CC(=O)O[C@H]1CCCC[C@@H]1c1cccc(OCC2CC2)c1. The molecule has 2 atom stereocenters. The fourth-order valence-corrected chi connectivity index (χ4v) is 3.17. The van der Waals surface area contributed by atoms with Crippen LogP contribution in [0.25, 0.3) is 0 Å². The summed E-state index contributed by atoms with van der Waals surface area (Å²) in [6.07, 6.45) is 7.03. The molecular formula is C18H24O3. The van der Waals surface area contributed by atoms with Crippen LogP contribution in [0.2, 0.25) is 0 Å². The first-order chi connectivity index (χ1) is 10.2. The molecule has 0 spiro atoms. The largest absolute Gasteiger partial charge is 0.493 e. The molecular weight excluding hydrogens is 264 g/mol. The van der Waals surface area contributed by atoms with E-state index in [0.29, 0.717) is 5.92 Å². The highest BCUT2D eigenvalue weighted by Crippen LogP contribution is 2.36. The quantitative estimate of drug-likeness (QED) is 0.766. The molecule has 2 aliphatic rings. The molecule has 0 heterocycles. The van der Waals surface area contributed by atoms with Gasteiger partial charge in [-0.15, -0.1) is 0 Å². The zero-order valence-corrected chi connectivity index (χ0v) is 12.7. The average Bonchev–Trinajstić information content (AvgIpc) is 3.30. The first kappa shape index (κ1) is 14.4. The molecule has 2 fully saturated rings. The maximum absolute atomic E-state index is 11.3. The number of rotatable bonds is 5. The average molecular weight is 288 g/mol. The van der Waals surface area contributed by atoms with E-state index in [-0.39, 0.29) is 12.1 Å². The lowest BCUT2D eigenvalue weighted by Crippen LogP contribution is -2.27.